The topological polar surface area (TPSA) is 107 Å². The standard InChI is InChI=1S/C14H20ClN3O4S.ClH/c1-10-13(15)8-12(9-14(10)18(19)20)23(21,22)17-7-3-2-4-11(17)5-6-16;/h8-9,11H,2-7,16H2,1H3;1H. The Morgan fingerprint density at radius 2 is 2.08 bits per heavy atom. The van der Waals surface area contributed by atoms with Crippen LogP contribution in [0, 0.1) is 17.0 Å². The van der Waals surface area contributed by atoms with Gasteiger partial charge in [-0.1, -0.05) is 18.0 Å². The highest BCUT2D eigenvalue weighted by atomic mass is 35.5. The van der Waals surface area contributed by atoms with Crippen LogP contribution in [0.1, 0.15) is 31.2 Å². The smallest absolute Gasteiger partial charge is 0.275 e. The first-order valence-electron chi connectivity index (χ1n) is 7.45. The average molecular weight is 398 g/mol. The third-order valence-electron chi connectivity index (χ3n) is 4.17. The molecule has 0 spiro atoms. The Morgan fingerprint density at radius 1 is 1.42 bits per heavy atom. The van der Waals surface area contributed by atoms with E-state index in [0.29, 0.717) is 19.5 Å². The maximum Gasteiger partial charge on any atom is 0.275 e. The van der Waals surface area contributed by atoms with Gasteiger partial charge in [-0.25, -0.2) is 8.42 Å². The summed E-state index contributed by atoms with van der Waals surface area (Å²) in [6.07, 6.45) is 3.03. The highest BCUT2D eigenvalue weighted by Crippen LogP contribution is 2.33. The molecular weight excluding hydrogens is 377 g/mol. The third kappa shape index (κ3) is 4.18. The van der Waals surface area contributed by atoms with E-state index in [-0.39, 0.29) is 39.6 Å². The van der Waals surface area contributed by atoms with Gasteiger partial charge >= 0.3 is 0 Å². The monoisotopic (exact) mass is 397 g/mol. The fourth-order valence-corrected chi connectivity index (χ4v) is 4.94. The van der Waals surface area contributed by atoms with E-state index in [1.165, 1.54) is 17.3 Å². The van der Waals surface area contributed by atoms with E-state index in [1.807, 2.05) is 0 Å². The molecule has 1 aliphatic heterocycles. The van der Waals surface area contributed by atoms with Gasteiger partial charge in [-0.3, -0.25) is 10.1 Å². The predicted octanol–water partition coefficient (Wildman–Crippen LogP) is 2.87. The van der Waals surface area contributed by atoms with E-state index in [9.17, 15) is 18.5 Å². The molecule has 136 valence electrons. The van der Waals surface area contributed by atoms with E-state index in [2.05, 4.69) is 0 Å². The Hall–Kier alpha value is -0.930. The molecule has 0 bridgehead atoms. The Labute approximate surface area is 152 Å². The van der Waals surface area contributed by atoms with E-state index in [0.717, 1.165) is 25.3 Å². The lowest BCUT2D eigenvalue weighted by molar-refractivity contribution is -0.385. The van der Waals surface area contributed by atoms with Crippen molar-refractivity contribution in [1.82, 2.24) is 4.31 Å². The van der Waals surface area contributed by atoms with Crippen LogP contribution in [-0.4, -0.2) is 36.8 Å². The number of halogens is 2. The summed E-state index contributed by atoms with van der Waals surface area (Å²) in [5.74, 6) is 0. The molecule has 1 atom stereocenters. The van der Waals surface area contributed by atoms with E-state index in [1.54, 1.807) is 0 Å². The van der Waals surface area contributed by atoms with Gasteiger partial charge in [0, 0.05) is 24.2 Å². The number of nitro benzene ring substituents is 1. The summed E-state index contributed by atoms with van der Waals surface area (Å²) in [6, 6.07) is 2.20. The van der Waals surface area contributed by atoms with Crippen molar-refractivity contribution in [3.8, 4) is 0 Å². The summed E-state index contributed by atoms with van der Waals surface area (Å²) in [5, 5.41) is 11.2. The van der Waals surface area contributed by atoms with Gasteiger partial charge in [-0.05, 0) is 38.8 Å². The third-order valence-corrected chi connectivity index (χ3v) is 6.49. The fourth-order valence-electron chi connectivity index (χ4n) is 2.89. The molecule has 1 fully saturated rings. The molecule has 1 unspecified atom stereocenters. The zero-order chi connectivity index (χ0) is 17.2. The van der Waals surface area contributed by atoms with Crippen molar-refractivity contribution in [2.24, 2.45) is 5.73 Å². The number of sulfonamides is 1. The summed E-state index contributed by atoms with van der Waals surface area (Å²) in [6.45, 7) is 2.28. The van der Waals surface area contributed by atoms with E-state index < -0.39 is 14.9 Å². The Balaban J connectivity index is 0.00000288. The molecule has 10 heteroatoms. The molecule has 0 saturated carbocycles. The van der Waals surface area contributed by atoms with Crippen LogP contribution in [-0.2, 0) is 10.0 Å². The normalized spacial score (nSPS) is 18.9. The molecule has 2 N–H and O–H groups in total. The number of hydrogen-bond donors (Lipinski definition) is 1. The number of rotatable bonds is 5. The van der Waals surface area contributed by atoms with Crippen LogP contribution in [0.15, 0.2) is 17.0 Å². The molecule has 0 aromatic heterocycles. The maximum absolute atomic E-state index is 12.9. The zero-order valence-corrected chi connectivity index (χ0v) is 15.7. The van der Waals surface area contributed by atoms with Gasteiger partial charge in [0.05, 0.1) is 14.8 Å². The molecule has 2 rings (SSSR count). The predicted molar refractivity (Wildman–Crippen MR) is 95.3 cm³/mol. The molecule has 1 saturated heterocycles. The lowest BCUT2D eigenvalue weighted by Crippen LogP contribution is -2.44. The minimum absolute atomic E-state index is 0. The summed E-state index contributed by atoms with van der Waals surface area (Å²) in [5.41, 5.74) is 5.55. The van der Waals surface area contributed by atoms with Gasteiger partial charge in [0.1, 0.15) is 0 Å². The highest BCUT2D eigenvalue weighted by Gasteiger charge is 2.34. The zero-order valence-electron chi connectivity index (χ0n) is 13.3. The first-order valence-corrected chi connectivity index (χ1v) is 9.27. The van der Waals surface area contributed by atoms with Gasteiger partial charge in [0.2, 0.25) is 10.0 Å². The largest absolute Gasteiger partial charge is 0.330 e. The minimum atomic E-state index is -3.84. The molecule has 0 aliphatic carbocycles. The fraction of sp³-hybridized carbons (Fsp3) is 0.571. The van der Waals surface area contributed by atoms with Gasteiger partial charge in [0.25, 0.3) is 5.69 Å². The highest BCUT2D eigenvalue weighted by molar-refractivity contribution is 7.89. The van der Waals surface area contributed by atoms with Crippen LogP contribution < -0.4 is 5.73 Å². The Morgan fingerprint density at radius 3 is 2.67 bits per heavy atom. The van der Waals surface area contributed by atoms with Crippen molar-refractivity contribution in [3.05, 3.63) is 32.8 Å². The Bertz CT molecular complexity index is 710. The molecule has 1 heterocycles. The van der Waals surface area contributed by atoms with Crippen LogP contribution in [0.3, 0.4) is 0 Å². The Kier molecular flexibility index (Phi) is 7.43. The first-order chi connectivity index (χ1) is 10.8. The maximum atomic E-state index is 12.9. The number of nitro groups is 1. The van der Waals surface area contributed by atoms with E-state index in [4.69, 9.17) is 17.3 Å². The van der Waals surface area contributed by atoms with Gasteiger partial charge < -0.3 is 5.73 Å². The minimum Gasteiger partial charge on any atom is -0.330 e. The van der Waals surface area contributed by atoms with Gasteiger partial charge in [-0.2, -0.15) is 4.31 Å². The molecule has 0 radical (unpaired) electrons. The molecule has 1 aromatic rings. The number of nitrogens with zero attached hydrogens (tertiary/aromatic N) is 2. The van der Waals surface area contributed by atoms with Crippen molar-refractivity contribution < 1.29 is 13.3 Å². The summed E-state index contributed by atoms with van der Waals surface area (Å²) >= 11 is 6.00. The number of hydrogen-bond acceptors (Lipinski definition) is 5. The molecule has 24 heavy (non-hydrogen) atoms. The lowest BCUT2D eigenvalue weighted by atomic mass is 10.0. The molecule has 1 aliphatic rings. The van der Waals surface area contributed by atoms with Crippen LogP contribution in [0.4, 0.5) is 5.69 Å². The number of piperidine rings is 1. The molecular formula is C14H21Cl2N3O4S. The molecule has 0 amide bonds. The van der Waals surface area contributed by atoms with Gasteiger partial charge in [0.15, 0.2) is 0 Å². The SMILES string of the molecule is Cc1c(Cl)cc(S(=O)(=O)N2CCCCC2CCN)cc1[N+](=O)[O-].Cl. The van der Waals surface area contributed by atoms with Gasteiger partial charge in [-0.15, -0.1) is 12.4 Å². The van der Waals surface area contributed by atoms with Crippen LogP contribution >= 0.6 is 24.0 Å². The number of nitrogens with two attached hydrogens (primary N) is 1. The van der Waals surface area contributed by atoms with Crippen molar-refractivity contribution in [2.75, 3.05) is 13.1 Å². The average Bonchev–Trinajstić information content (AvgIpc) is 2.50. The van der Waals surface area contributed by atoms with Crippen molar-refractivity contribution in [2.45, 2.75) is 43.5 Å². The lowest BCUT2D eigenvalue weighted by Gasteiger charge is -2.34. The first kappa shape index (κ1) is 21.1. The second-order valence-electron chi connectivity index (χ2n) is 5.65. The van der Waals surface area contributed by atoms with Crippen LogP contribution in [0.5, 0.6) is 0 Å². The van der Waals surface area contributed by atoms with Crippen molar-refractivity contribution in [3.63, 3.8) is 0 Å². The van der Waals surface area contributed by atoms with E-state index >= 15 is 0 Å². The quantitative estimate of drug-likeness (QED) is 0.606. The van der Waals surface area contributed by atoms with Crippen molar-refractivity contribution in [1.29, 1.82) is 0 Å². The van der Waals surface area contributed by atoms with Crippen LogP contribution in [0.25, 0.3) is 0 Å². The second-order valence-corrected chi connectivity index (χ2v) is 7.95. The molecule has 1 aromatic carbocycles. The van der Waals surface area contributed by atoms with Crippen LogP contribution in [0.2, 0.25) is 5.02 Å². The summed E-state index contributed by atoms with van der Waals surface area (Å²) in [7, 11) is -3.84. The number of benzene rings is 1. The summed E-state index contributed by atoms with van der Waals surface area (Å²) in [4.78, 5) is 10.4. The van der Waals surface area contributed by atoms with Crippen molar-refractivity contribution >= 4 is 39.7 Å². The molecule has 7 nitrogen and oxygen atoms in total. The second kappa shape index (κ2) is 8.44. The summed E-state index contributed by atoms with van der Waals surface area (Å²) < 4.78 is 27.2.